The SMILES string of the molecule is COc1ccc(S(=O)(=O)N(CC(=O)NCCSc2ccccc2)c2ccc(F)cc2)cc1OC. The van der Waals surface area contributed by atoms with E-state index in [0.29, 0.717) is 18.0 Å². The van der Waals surface area contributed by atoms with Gasteiger partial charge in [0.05, 0.1) is 24.8 Å². The molecule has 0 radical (unpaired) electrons. The molecule has 0 atom stereocenters. The number of sulfonamides is 1. The summed E-state index contributed by atoms with van der Waals surface area (Å²) in [6.45, 7) is -0.121. The molecule has 1 N–H and O–H groups in total. The molecule has 0 heterocycles. The van der Waals surface area contributed by atoms with Gasteiger partial charge in [0.1, 0.15) is 12.4 Å². The number of rotatable bonds is 11. The Morgan fingerprint density at radius 3 is 2.29 bits per heavy atom. The Bertz CT molecular complexity index is 1210. The van der Waals surface area contributed by atoms with Crippen molar-refractivity contribution < 1.29 is 27.1 Å². The normalized spacial score (nSPS) is 11.0. The lowest BCUT2D eigenvalue weighted by Crippen LogP contribution is -2.41. The van der Waals surface area contributed by atoms with Crippen molar-refractivity contribution in [3.63, 3.8) is 0 Å². The number of nitrogens with zero attached hydrogens (tertiary/aromatic N) is 1. The molecule has 0 saturated heterocycles. The molecular weight excluding hydrogens is 479 g/mol. The summed E-state index contributed by atoms with van der Waals surface area (Å²) < 4.78 is 51.8. The molecule has 1 amide bonds. The number of amides is 1. The fourth-order valence-corrected chi connectivity index (χ4v) is 5.32. The molecule has 34 heavy (non-hydrogen) atoms. The van der Waals surface area contributed by atoms with Crippen LogP contribution in [0, 0.1) is 5.82 Å². The maximum absolute atomic E-state index is 13.5. The lowest BCUT2D eigenvalue weighted by Gasteiger charge is -2.24. The lowest BCUT2D eigenvalue weighted by atomic mass is 10.3. The van der Waals surface area contributed by atoms with E-state index >= 15 is 0 Å². The molecule has 0 aliphatic heterocycles. The Morgan fingerprint density at radius 2 is 1.65 bits per heavy atom. The van der Waals surface area contributed by atoms with Crippen molar-refractivity contribution in [2.75, 3.05) is 37.4 Å². The highest BCUT2D eigenvalue weighted by atomic mass is 32.2. The second kappa shape index (κ2) is 11.8. The first-order valence-electron chi connectivity index (χ1n) is 10.3. The van der Waals surface area contributed by atoms with Gasteiger partial charge in [0.25, 0.3) is 10.0 Å². The van der Waals surface area contributed by atoms with E-state index in [1.54, 1.807) is 11.8 Å². The number of hydrogen-bond acceptors (Lipinski definition) is 6. The number of ether oxygens (including phenoxy) is 2. The average molecular weight is 505 g/mol. The molecule has 0 spiro atoms. The van der Waals surface area contributed by atoms with Crippen LogP contribution in [0.5, 0.6) is 11.5 Å². The number of anilines is 1. The Balaban J connectivity index is 1.78. The van der Waals surface area contributed by atoms with Crippen molar-refractivity contribution in [1.29, 1.82) is 0 Å². The van der Waals surface area contributed by atoms with Crippen molar-refractivity contribution in [3.05, 3.63) is 78.6 Å². The van der Waals surface area contributed by atoms with Gasteiger partial charge >= 0.3 is 0 Å². The number of thioether (sulfide) groups is 1. The third-order valence-electron chi connectivity index (χ3n) is 4.78. The summed E-state index contributed by atoms with van der Waals surface area (Å²) >= 11 is 1.58. The van der Waals surface area contributed by atoms with Crippen molar-refractivity contribution in [3.8, 4) is 11.5 Å². The largest absolute Gasteiger partial charge is 0.493 e. The zero-order valence-electron chi connectivity index (χ0n) is 18.7. The summed E-state index contributed by atoms with van der Waals surface area (Å²) in [5.74, 6) is 0.208. The molecule has 0 aromatic heterocycles. The summed E-state index contributed by atoms with van der Waals surface area (Å²) in [6.07, 6.45) is 0. The van der Waals surface area contributed by atoms with E-state index in [2.05, 4.69) is 5.32 Å². The third kappa shape index (κ3) is 6.42. The first kappa shape index (κ1) is 25.4. The molecule has 0 aliphatic rings. The molecule has 7 nitrogen and oxygen atoms in total. The van der Waals surface area contributed by atoms with Gasteiger partial charge < -0.3 is 14.8 Å². The predicted octanol–water partition coefficient (Wildman–Crippen LogP) is 3.95. The number of benzene rings is 3. The van der Waals surface area contributed by atoms with Crippen molar-refractivity contribution in [2.45, 2.75) is 9.79 Å². The molecular formula is C24H25FN2O5S2. The summed E-state index contributed by atoms with van der Waals surface area (Å²) in [6, 6.07) is 18.8. The minimum Gasteiger partial charge on any atom is -0.493 e. The predicted molar refractivity (Wildman–Crippen MR) is 131 cm³/mol. The zero-order valence-corrected chi connectivity index (χ0v) is 20.4. The van der Waals surface area contributed by atoms with Gasteiger partial charge in [0, 0.05) is 23.3 Å². The third-order valence-corrected chi connectivity index (χ3v) is 7.56. The Kier molecular flexibility index (Phi) is 8.78. The minimum absolute atomic E-state index is 0.0955. The molecule has 3 aromatic carbocycles. The molecule has 180 valence electrons. The van der Waals surface area contributed by atoms with E-state index in [4.69, 9.17) is 9.47 Å². The standard InChI is InChI=1S/C24H25FN2O5S2/c1-31-22-13-12-21(16-23(22)32-2)34(29,30)27(19-10-8-18(25)9-11-19)17-24(28)26-14-15-33-20-6-4-3-5-7-20/h3-13,16H,14-15,17H2,1-2H3,(H,26,28). The van der Waals surface area contributed by atoms with Crippen molar-refractivity contribution in [2.24, 2.45) is 0 Å². The van der Waals surface area contributed by atoms with Gasteiger partial charge in [-0.3, -0.25) is 9.10 Å². The van der Waals surface area contributed by atoms with E-state index in [1.807, 2.05) is 30.3 Å². The van der Waals surface area contributed by atoms with Crippen LogP contribution in [0.15, 0.2) is 82.6 Å². The van der Waals surface area contributed by atoms with Crippen molar-refractivity contribution >= 4 is 33.4 Å². The number of carbonyl (C=O) groups is 1. The molecule has 3 rings (SSSR count). The molecule has 10 heteroatoms. The molecule has 0 aliphatic carbocycles. The number of carbonyl (C=O) groups excluding carboxylic acids is 1. The summed E-state index contributed by atoms with van der Waals surface area (Å²) in [5, 5.41) is 2.74. The number of hydrogen-bond donors (Lipinski definition) is 1. The van der Waals surface area contributed by atoms with Gasteiger partial charge in [0.2, 0.25) is 5.91 Å². The highest BCUT2D eigenvalue weighted by Crippen LogP contribution is 2.32. The van der Waals surface area contributed by atoms with E-state index in [-0.39, 0.29) is 16.3 Å². The number of methoxy groups -OCH3 is 2. The Hall–Kier alpha value is -3.24. The van der Waals surface area contributed by atoms with Crippen LogP contribution >= 0.6 is 11.8 Å². The van der Waals surface area contributed by atoms with Crippen molar-refractivity contribution in [1.82, 2.24) is 5.32 Å². The van der Waals surface area contributed by atoms with Gasteiger partial charge in [0.15, 0.2) is 11.5 Å². The average Bonchev–Trinajstić information content (AvgIpc) is 2.86. The summed E-state index contributed by atoms with van der Waals surface area (Å²) in [4.78, 5) is 13.6. The highest BCUT2D eigenvalue weighted by Gasteiger charge is 2.28. The van der Waals surface area contributed by atoms with E-state index in [0.717, 1.165) is 21.3 Å². The van der Waals surface area contributed by atoms with Gasteiger partial charge in [-0.1, -0.05) is 18.2 Å². The first-order chi connectivity index (χ1) is 16.3. The van der Waals surface area contributed by atoms with Crippen LogP contribution in [0.4, 0.5) is 10.1 Å². The Labute approximate surface area is 202 Å². The number of halogens is 1. The second-order valence-electron chi connectivity index (χ2n) is 7.02. The van der Waals surface area contributed by atoms with Gasteiger partial charge in [-0.2, -0.15) is 0 Å². The maximum atomic E-state index is 13.5. The van der Waals surface area contributed by atoms with Gasteiger partial charge in [-0.15, -0.1) is 11.8 Å². The summed E-state index contributed by atoms with van der Waals surface area (Å²) in [7, 11) is -1.35. The molecule has 0 bridgehead atoms. The topological polar surface area (TPSA) is 84.9 Å². The zero-order chi connectivity index (χ0) is 24.6. The van der Waals surface area contributed by atoms with E-state index in [1.165, 1.54) is 44.6 Å². The van der Waals surface area contributed by atoms with Gasteiger partial charge in [-0.25, -0.2) is 12.8 Å². The molecule has 0 saturated carbocycles. The highest BCUT2D eigenvalue weighted by molar-refractivity contribution is 7.99. The minimum atomic E-state index is -4.18. The van der Waals surface area contributed by atoms with Crippen LogP contribution in [0.3, 0.4) is 0 Å². The quantitative estimate of drug-likeness (QED) is 0.315. The fraction of sp³-hybridized carbons (Fsp3) is 0.208. The molecule has 0 fully saturated rings. The van der Waals surface area contributed by atoms with E-state index < -0.39 is 28.3 Å². The Morgan fingerprint density at radius 1 is 0.971 bits per heavy atom. The van der Waals surface area contributed by atoms with Crippen LogP contribution in [0.2, 0.25) is 0 Å². The van der Waals surface area contributed by atoms with Gasteiger partial charge in [-0.05, 0) is 48.5 Å². The number of nitrogens with one attached hydrogen (secondary N) is 1. The van der Waals surface area contributed by atoms with Crippen LogP contribution in [0.25, 0.3) is 0 Å². The monoisotopic (exact) mass is 504 g/mol. The van der Waals surface area contributed by atoms with Crippen LogP contribution in [-0.2, 0) is 14.8 Å². The van der Waals surface area contributed by atoms with Crippen LogP contribution in [0.1, 0.15) is 0 Å². The fourth-order valence-electron chi connectivity index (χ4n) is 3.09. The van der Waals surface area contributed by atoms with Crippen LogP contribution < -0.4 is 19.1 Å². The molecule has 0 unspecified atom stereocenters. The van der Waals surface area contributed by atoms with Crippen LogP contribution in [-0.4, -0.2) is 47.4 Å². The summed E-state index contributed by atoms with van der Waals surface area (Å²) in [5.41, 5.74) is 0.157. The van der Waals surface area contributed by atoms with E-state index in [9.17, 15) is 17.6 Å². The molecule has 3 aromatic rings. The first-order valence-corrected chi connectivity index (χ1v) is 12.7. The maximum Gasteiger partial charge on any atom is 0.264 e. The smallest absolute Gasteiger partial charge is 0.264 e. The second-order valence-corrected chi connectivity index (χ2v) is 10.0. The lowest BCUT2D eigenvalue weighted by molar-refractivity contribution is -0.119.